The van der Waals surface area contributed by atoms with Gasteiger partial charge in [-0.3, -0.25) is 4.79 Å². The number of fused-ring (bicyclic) bond motifs is 1. The minimum atomic E-state index is -0.261. The van der Waals surface area contributed by atoms with Crippen molar-refractivity contribution in [3.63, 3.8) is 0 Å². The molecule has 1 aliphatic rings. The van der Waals surface area contributed by atoms with E-state index < -0.39 is 0 Å². The summed E-state index contributed by atoms with van der Waals surface area (Å²) in [6.07, 6.45) is 3.64. The van der Waals surface area contributed by atoms with Crippen LogP contribution in [-0.4, -0.2) is 34.5 Å². The van der Waals surface area contributed by atoms with Crippen LogP contribution in [0.1, 0.15) is 27.4 Å². The molecule has 9 heteroatoms. The van der Waals surface area contributed by atoms with Crippen LogP contribution in [0.4, 0.5) is 15.8 Å². The van der Waals surface area contributed by atoms with Crippen molar-refractivity contribution < 1.29 is 13.9 Å². The molecule has 0 saturated carbocycles. The Labute approximate surface area is 206 Å². The predicted octanol–water partition coefficient (Wildman–Crippen LogP) is 5.09. The average Bonchev–Trinajstić information content (AvgIpc) is 3.24. The molecule has 2 aromatic heterocycles. The Hall–Kier alpha value is -3.91. The highest BCUT2D eigenvalue weighted by Crippen LogP contribution is 2.40. The van der Waals surface area contributed by atoms with Crippen molar-refractivity contribution in [2.24, 2.45) is 0 Å². The van der Waals surface area contributed by atoms with Gasteiger partial charge in [0.05, 0.1) is 40.5 Å². The number of rotatable bonds is 7. The van der Waals surface area contributed by atoms with Crippen LogP contribution >= 0.6 is 11.6 Å². The molecule has 178 valence electrons. The molecule has 35 heavy (non-hydrogen) atoms. The number of halogens is 2. The lowest BCUT2D eigenvalue weighted by Gasteiger charge is -2.17. The van der Waals surface area contributed by atoms with Gasteiger partial charge in [0.25, 0.3) is 5.91 Å². The second-order valence-electron chi connectivity index (χ2n) is 8.16. The number of nitrogens with zero attached hydrogens (tertiary/aromatic N) is 2. The topological polar surface area (TPSA) is 91.9 Å². The minimum Gasteiger partial charge on any atom is -0.493 e. The largest absolute Gasteiger partial charge is 0.493 e. The lowest BCUT2D eigenvalue weighted by molar-refractivity contribution is 0.0947. The van der Waals surface area contributed by atoms with E-state index in [-0.39, 0.29) is 11.7 Å². The van der Waals surface area contributed by atoms with Crippen LogP contribution in [0.25, 0.3) is 11.4 Å². The number of benzene rings is 2. The van der Waals surface area contributed by atoms with Crippen LogP contribution in [0.5, 0.6) is 5.75 Å². The van der Waals surface area contributed by atoms with Crippen LogP contribution in [0, 0.1) is 5.82 Å². The molecule has 3 heterocycles. The van der Waals surface area contributed by atoms with Gasteiger partial charge in [0, 0.05) is 31.3 Å². The second-order valence-corrected chi connectivity index (χ2v) is 8.57. The summed E-state index contributed by atoms with van der Waals surface area (Å²) in [4.78, 5) is 25.4. The highest BCUT2D eigenvalue weighted by Gasteiger charge is 2.28. The van der Waals surface area contributed by atoms with Gasteiger partial charge in [0.15, 0.2) is 5.75 Å². The van der Waals surface area contributed by atoms with Gasteiger partial charge in [-0.05, 0) is 42.3 Å². The third kappa shape index (κ3) is 4.70. The highest BCUT2D eigenvalue weighted by atomic mass is 35.5. The predicted molar refractivity (Wildman–Crippen MR) is 133 cm³/mol. The number of aromatic nitrogens is 3. The Morgan fingerprint density at radius 2 is 1.97 bits per heavy atom. The lowest BCUT2D eigenvalue weighted by Crippen LogP contribution is -2.31. The molecule has 0 unspecified atom stereocenters. The monoisotopic (exact) mass is 491 g/mol. The van der Waals surface area contributed by atoms with Crippen molar-refractivity contribution in [1.82, 2.24) is 20.3 Å². The maximum Gasteiger partial charge on any atom is 0.255 e. The van der Waals surface area contributed by atoms with Crippen LogP contribution in [0.3, 0.4) is 0 Å². The number of para-hydroxylation sites is 1. The number of amides is 1. The van der Waals surface area contributed by atoms with Gasteiger partial charge in [0.2, 0.25) is 0 Å². The smallest absolute Gasteiger partial charge is 0.255 e. The van der Waals surface area contributed by atoms with E-state index in [2.05, 4.69) is 20.6 Å². The standard InChI is InChI=1S/C26H23ClFN5O2/c1-35-25-17(27)3-2-4-20(25)33-24-22-18(11-14-30-26(22)34)32-23(24)19-12-13-29-21(31-19)10-7-15-5-8-16(28)9-6-15/h2-6,8-9,12-13,32-33H,7,10-11,14H2,1H3,(H,30,34). The molecular weight excluding hydrogens is 469 g/mol. The fourth-order valence-electron chi connectivity index (χ4n) is 4.21. The van der Waals surface area contributed by atoms with Gasteiger partial charge < -0.3 is 20.4 Å². The summed E-state index contributed by atoms with van der Waals surface area (Å²) < 4.78 is 18.7. The summed E-state index contributed by atoms with van der Waals surface area (Å²) in [7, 11) is 1.55. The van der Waals surface area contributed by atoms with Crippen LogP contribution in [-0.2, 0) is 19.3 Å². The van der Waals surface area contributed by atoms with Crippen molar-refractivity contribution in [3.05, 3.63) is 88.2 Å². The molecule has 0 bridgehead atoms. The SMILES string of the molecule is COc1c(Cl)cccc1Nc1c(-c2ccnc(CCc3ccc(F)cc3)n2)[nH]c2c1C(=O)NCC2. The Morgan fingerprint density at radius 3 is 2.77 bits per heavy atom. The maximum atomic E-state index is 13.2. The fraction of sp³-hybridized carbons (Fsp3) is 0.192. The van der Waals surface area contributed by atoms with E-state index in [0.717, 1.165) is 11.3 Å². The van der Waals surface area contributed by atoms with E-state index in [1.54, 1.807) is 37.6 Å². The first-order valence-electron chi connectivity index (χ1n) is 11.2. The quantitative estimate of drug-likeness (QED) is 0.335. The zero-order chi connectivity index (χ0) is 24.4. The number of H-pyrrole nitrogens is 1. The number of ether oxygens (including phenoxy) is 1. The lowest BCUT2D eigenvalue weighted by atomic mass is 10.1. The Kier molecular flexibility index (Phi) is 6.37. The minimum absolute atomic E-state index is 0.164. The zero-order valence-electron chi connectivity index (χ0n) is 19.0. The fourth-order valence-corrected chi connectivity index (χ4v) is 4.46. The number of aromatic amines is 1. The summed E-state index contributed by atoms with van der Waals surface area (Å²) in [6, 6.07) is 13.6. The molecule has 5 rings (SSSR count). The zero-order valence-corrected chi connectivity index (χ0v) is 19.7. The molecule has 4 aromatic rings. The molecule has 3 N–H and O–H groups in total. The molecule has 1 amide bonds. The highest BCUT2D eigenvalue weighted by molar-refractivity contribution is 6.32. The van der Waals surface area contributed by atoms with Crippen molar-refractivity contribution in [2.45, 2.75) is 19.3 Å². The van der Waals surface area contributed by atoms with E-state index >= 15 is 0 Å². The molecular formula is C26H23ClFN5O2. The van der Waals surface area contributed by atoms with E-state index in [0.29, 0.717) is 70.7 Å². The normalized spacial score (nSPS) is 12.7. The number of carbonyl (C=O) groups excluding carboxylic acids is 1. The van der Waals surface area contributed by atoms with Gasteiger partial charge >= 0.3 is 0 Å². The molecule has 0 atom stereocenters. The van der Waals surface area contributed by atoms with Gasteiger partial charge in [-0.15, -0.1) is 0 Å². The molecule has 0 aliphatic carbocycles. The number of aryl methyl sites for hydroxylation is 2. The number of nitrogens with one attached hydrogen (secondary N) is 3. The van der Waals surface area contributed by atoms with Gasteiger partial charge in [-0.2, -0.15) is 0 Å². The van der Waals surface area contributed by atoms with E-state index in [1.807, 2.05) is 12.1 Å². The van der Waals surface area contributed by atoms with Crippen molar-refractivity contribution in [2.75, 3.05) is 19.0 Å². The first kappa shape index (κ1) is 22.9. The third-order valence-electron chi connectivity index (χ3n) is 5.91. The van der Waals surface area contributed by atoms with Gasteiger partial charge in [-0.25, -0.2) is 14.4 Å². The number of hydrogen-bond donors (Lipinski definition) is 3. The number of carbonyl (C=O) groups is 1. The van der Waals surface area contributed by atoms with E-state index in [4.69, 9.17) is 21.3 Å². The molecule has 0 spiro atoms. The van der Waals surface area contributed by atoms with Crippen LogP contribution < -0.4 is 15.4 Å². The van der Waals surface area contributed by atoms with Crippen LogP contribution in [0.2, 0.25) is 5.02 Å². The summed E-state index contributed by atoms with van der Waals surface area (Å²) in [6.45, 7) is 0.554. The summed E-state index contributed by atoms with van der Waals surface area (Å²) in [5.74, 6) is 0.704. The summed E-state index contributed by atoms with van der Waals surface area (Å²) >= 11 is 6.32. The Balaban J connectivity index is 1.51. The van der Waals surface area contributed by atoms with Crippen molar-refractivity contribution >= 4 is 28.9 Å². The van der Waals surface area contributed by atoms with E-state index in [9.17, 15) is 9.18 Å². The Morgan fingerprint density at radius 1 is 1.14 bits per heavy atom. The number of methoxy groups -OCH3 is 1. The first-order chi connectivity index (χ1) is 17.0. The van der Waals surface area contributed by atoms with E-state index in [1.165, 1.54) is 12.1 Å². The average molecular weight is 492 g/mol. The van der Waals surface area contributed by atoms with Gasteiger partial charge in [-0.1, -0.05) is 29.8 Å². The first-order valence-corrected chi connectivity index (χ1v) is 11.6. The molecule has 0 radical (unpaired) electrons. The third-order valence-corrected chi connectivity index (χ3v) is 6.21. The molecule has 2 aromatic carbocycles. The maximum absolute atomic E-state index is 13.2. The van der Waals surface area contributed by atoms with Crippen molar-refractivity contribution in [3.8, 4) is 17.1 Å². The Bertz CT molecular complexity index is 1390. The van der Waals surface area contributed by atoms with Crippen LogP contribution in [0.15, 0.2) is 54.7 Å². The summed E-state index contributed by atoms with van der Waals surface area (Å²) in [5, 5.41) is 6.72. The molecule has 1 aliphatic heterocycles. The molecule has 7 nitrogen and oxygen atoms in total. The van der Waals surface area contributed by atoms with Gasteiger partial charge in [0.1, 0.15) is 11.6 Å². The number of hydrogen-bond acceptors (Lipinski definition) is 5. The number of anilines is 2. The second kappa shape index (κ2) is 9.76. The molecule has 0 fully saturated rings. The summed E-state index contributed by atoms with van der Waals surface area (Å²) in [5.41, 5.74) is 4.94. The molecule has 0 saturated heterocycles. The van der Waals surface area contributed by atoms with Crippen molar-refractivity contribution in [1.29, 1.82) is 0 Å².